The summed E-state index contributed by atoms with van der Waals surface area (Å²) >= 11 is 11.4. The molecule has 2 rings (SSSR count). The predicted octanol–water partition coefficient (Wildman–Crippen LogP) is 2.66. The highest BCUT2D eigenvalue weighted by molar-refractivity contribution is 6.32. The van der Waals surface area contributed by atoms with Crippen LogP contribution in [0, 0.1) is 0 Å². The van der Waals surface area contributed by atoms with Gasteiger partial charge in [-0.1, -0.05) is 11.6 Å². The van der Waals surface area contributed by atoms with Crippen molar-refractivity contribution in [1.82, 2.24) is 9.97 Å². The predicted molar refractivity (Wildman–Crippen MR) is 44.0 cm³/mol. The van der Waals surface area contributed by atoms with Crippen molar-refractivity contribution in [2.45, 2.75) is 18.8 Å². The lowest BCUT2D eigenvalue weighted by atomic mass is 10.2. The molecule has 11 heavy (non-hydrogen) atoms. The lowest BCUT2D eigenvalue weighted by Crippen LogP contribution is -1.88. The maximum absolute atomic E-state index is 5.83. The van der Waals surface area contributed by atoms with E-state index in [-0.39, 0.29) is 5.28 Å². The maximum Gasteiger partial charge on any atom is 0.223 e. The maximum atomic E-state index is 5.83. The Morgan fingerprint density at radius 3 is 2.64 bits per heavy atom. The zero-order valence-electron chi connectivity index (χ0n) is 5.72. The number of rotatable bonds is 1. The van der Waals surface area contributed by atoms with Crippen molar-refractivity contribution < 1.29 is 0 Å². The van der Waals surface area contributed by atoms with Gasteiger partial charge in [-0.25, -0.2) is 9.97 Å². The Morgan fingerprint density at radius 2 is 2.09 bits per heavy atom. The molecule has 0 unspecified atom stereocenters. The van der Waals surface area contributed by atoms with Crippen LogP contribution in [0.4, 0.5) is 0 Å². The molecular formula is C7H6Cl2N2. The van der Waals surface area contributed by atoms with Gasteiger partial charge in [0.1, 0.15) is 5.15 Å². The summed E-state index contributed by atoms with van der Waals surface area (Å²) in [6.45, 7) is 0. The third-order valence-electron chi connectivity index (χ3n) is 1.76. The molecule has 0 bridgehead atoms. The fourth-order valence-electron chi connectivity index (χ4n) is 1.02. The van der Waals surface area contributed by atoms with Gasteiger partial charge in [0, 0.05) is 11.8 Å². The van der Waals surface area contributed by atoms with Crippen LogP contribution < -0.4 is 0 Å². The van der Waals surface area contributed by atoms with Crippen LogP contribution >= 0.6 is 23.2 Å². The average molecular weight is 189 g/mol. The van der Waals surface area contributed by atoms with Crippen molar-refractivity contribution in [1.29, 1.82) is 0 Å². The zero-order valence-corrected chi connectivity index (χ0v) is 7.23. The molecule has 58 valence electrons. The summed E-state index contributed by atoms with van der Waals surface area (Å²) in [5, 5.41) is 0.729. The molecule has 1 aliphatic rings. The van der Waals surface area contributed by atoms with Crippen molar-refractivity contribution in [3.8, 4) is 0 Å². The third-order valence-corrected chi connectivity index (χ3v) is 2.24. The van der Waals surface area contributed by atoms with Crippen LogP contribution in [0.1, 0.15) is 24.3 Å². The van der Waals surface area contributed by atoms with Crippen LogP contribution in [0.15, 0.2) is 6.20 Å². The van der Waals surface area contributed by atoms with Gasteiger partial charge < -0.3 is 0 Å². The fourth-order valence-corrected chi connectivity index (χ4v) is 1.48. The highest BCUT2D eigenvalue weighted by Gasteiger charge is 2.26. The molecule has 0 spiro atoms. The second-order valence-electron chi connectivity index (χ2n) is 2.66. The van der Waals surface area contributed by atoms with Gasteiger partial charge in [-0.2, -0.15) is 0 Å². The minimum absolute atomic E-state index is 0.222. The van der Waals surface area contributed by atoms with E-state index in [1.165, 1.54) is 12.8 Å². The Balaban J connectivity index is 2.39. The molecule has 1 fully saturated rings. The van der Waals surface area contributed by atoms with Crippen molar-refractivity contribution in [3.63, 3.8) is 0 Å². The number of aromatic nitrogens is 2. The van der Waals surface area contributed by atoms with E-state index in [1.807, 2.05) is 0 Å². The minimum atomic E-state index is 0.222. The molecule has 0 amide bonds. The molecule has 1 aliphatic carbocycles. The summed E-state index contributed by atoms with van der Waals surface area (Å²) < 4.78 is 0. The molecule has 1 aromatic rings. The van der Waals surface area contributed by atoms with Gasteiger partial charge in [0.05, 0.1) is 0 Å². The van der Waals surface area contributed by atoms with Gasteiger partial charge in [-0.05, 0) is 30.4 Å². The van der Waals surface area contributed by atoms with Crippen LogP contribution in [-0.4, -0.2) is 9.97 Å². The standard InChI is InChI=1S/C7H6Cl2N2/c8-6-5(4-1-2-4)3-10-7(9)11-6/h3-4H,1-2H2. The Bertz CT molecular complexity index is 284. The summed E-state index contributed by atoms with van der Waals surface area (Å²) in [6, 6.07) is 0. The van der Waals surface area contributed by atoms with E-state index in [1.54, 1.807) is 6.20 Å². The SMILES string of the molecule is Clc1ncc(C2CC2)c(Cl)n1. The van der Waals surface area contributed by atoms with E-state index in [2.05, 4.69) is 9.97 Å². The molecule has 0 aromatic carbocycles. The van der Waals surface area contributed by atoms with Gasteiger partial charge in [0.25, 0.3) is 0 Å². The van der Waals surface area contributed by atoms with Crippen molar-refractivity contribution in [2.75, 3.05) is 0 Å². The summed E-state index contributed by atoms with van der Waals surface area (Å²) in [5.41, 5.74) is 1.04. The molecule has 0 radical (unpaired) electrons. The molecule has 1 aromatic heterocycles. The van der Waals surface area contributed by atoms with Crippen molar-refractivity contribution in [2.24, 2.45) is 0 Å². The molecule has 0 aliphatic heterocycles. The summed E-state index contributed by atoms with van der Waals surface area (Å²) in [4.78, 5) is 7.73. The van der Waals surface area contributed by atoms with Crippen LogP contribution in [0.2, 0.25) is 10.4 Å². The van der Waals surface area contributed by atoms with Crippen molar-refractivity contribution >= 4 is 23.2 Å². The largest absolute Gasteiger partial charge is 0.226 e. The highest BCUT2D eigenvalue weighted by Crippen LogP contribution is 2.42. The van der Waals surface area contributed by atoms with Gasteiger partial charge >= 0.3 is 0 Å². The second-order valence-corrected chi connectivity index (χ2v) is 3.36. The average Bonchev–Trinajstić information content (AvgIpc) is 2.70. The summed E-state index contributed by atoms with van der Waals surface area (Å²) in [6.07, 6.45) is 4.12. The number of hydrogen-bond acceptors (Lipinski definition) is 2. The Kier molecular flexibility index (Phi) is 1.74. The second kappa shape index (κ2) is 2.61. The molecule has 1 saturated carbocycles. The smallest absolute Gasteiger partial charge is 0.223 e. The number of nitrogens with zero attached hydrogens (tertiary/aromatic N) is 2. The summed E-state index contributed by atoms with van der Waals surface area (Å²) in [7, 11) is 0. The molecule has 1 heterocycles. The molecule has 4 heteroatoms. The minimum Gasteiger partial charge on any atom is -0.226 e. The van der Waals surface area contributed by atoms with Crippen LogP contribution in [0.25, 0.3) is 0 Å². The van der Waals surface area contributed by atoms with E-state index in [4.69, 9.17) is 23.2 Å². The van der Waals surface area contributed by atoms with Gasteiger partial charge in [-0.3, -0.25) is 0 Å². The number of hydrogen-bond donors (Lipinski definition) is 0. The van der Waals surface area contributed by atoms with Crippen LogP contribution in [0.5, 0.6) is 0 Å². The lowest BCUT2D eigenvalue weighted by Gasteiger charge is -1.98. The topological polar surface area (TPSA) is 25.8 Å². The summed E-state index contributed by atoms with van der Waals surface area (Å²) in [5.74, 6) is 0.583. The normalized spacial score (nSPS) is 16.9. The molecular weight excluding hydrogens is 183 g/mol. The van der Waals surface area contributed by atoms with E-state index in [0.717, 1.165) is 5.56 Å². The Labute approximate surface area is 74.6 Å². The van der Waals surface area contributed by atoms with E-state index in [9.17, 15) is 0 Å². The first-order chi connectivity index (χ1) is 5.27. The third kappa shape index (κ3) is 1.47. The lowest BCUT2D eigenvalue weighted by molar-refractivity contribution is 1.04. The van der Waals surface area contributed by atoms with Gasteiger partial charge in [0.15, 0.2) is 0 Å². The molecule has 0 N–H and O–H groups in total. The van der Waals surface area contributed by atoms with Gasteiger partial charge in [-0.15, -0.1) is 0 Å². The van der Waals surface area contributed by atoms with Crippen molar-refractivity contribution in [3.05, 3.63) is 22.2 Å². The van der Waals surface area contributed by atoms with Gasteiger partial charge in [0.2, 0.25) is 5.28 Å². The first kappa shape index (κ1) is 7.32. The molecule has 0 saturated heterocycles. The first-order valence-electron chi connectivity index (χ1n) is 3.45. The molecule has 2 nitrogen and oxygen atoms in total. The quantitative estimate of drug-likeness (QED) is 0.501. The molecule has 0 atom stereocenters. The number of halogens is 2. The zero-order chi connectivity index (χ0) is 7.84. The van der Waals surface area contributed by atoms with E-state index < -0.39 is 0 Å². The highest BCUT2D eigenvalue weighted by atomic mass is 35.5. The Hall–Kier alpha value is -0.340. The fraction of sp³-hybridized carbons (Fsp3) is 0.429. The first-order valence-corrected chi connectivity index (χ1v) is 4.21. The van der Waals surface area contributed by atoms with E-state index >= 15 is 0 Å². The monoisotopic (exact) mass is 188 g/mol. The van der Waals surface area contributed by atoms with E-state index in [0.29, 0.717) is 11.1 Å². The van der Waals surface area contributed by atoms with Crippen LogP contribution in [-0.2, 0) is 0 Å². The Morgan fingerprint density at radius 1 is 1.36 bits per heavy atom. The van der Waals surface area contributed by atoms with Crippen LogP contribution in [0.3, 0.4) is 0 Å².